The number of hydrogen-bond acceptors (Lipinski definition) is 4. The topological polar surface area (TPSA) is 49.8 Å². The third-order valence-electron chi connectivity index (χ3n) is 2.79. The van der Waals surface area contributed by atoms with Crippen LogP contribution in [0.3, 0.4) is 0 Å². The van der Waals surface area contributed by atoms with E-state index in [0.717, 1.165) is 19.3 Å². The molecule has 1 aromatic rings. The van der Waals surface area contributed by atoms with Crippen molar-refractivity contribution in [3.05, 3.63) is 11.9 Å². The highest BCUT2D eigenvalue weighted by atomic mass is 19.4. The van der Waals surface area contributed by atoms with E-state index in [2.05, 4.69) is 20.6 Å². The molecule has 0 spiro atoms. The van der Waals surface area contributed by atoms with Gasteiger partial charge in [0.15, 0.2) is 0 Å². The SMILES string of the molecule is CCNc1cc(NC2CCC2)nc(C(F)(F)F)n1. The van der Waals surface area contributed by atoms with Crippen LogP contribution in [0.15, 0.2) is 6.07 Å². The predicted octanol–water partition coefficient (Wildman–Crippen LogP) is 2.89. The molecule has 0 radical (unpaired) electrons. The molecule has 1 aromatic heterocycles. The normalized spacial score (nSPS) is 16.2. The molecule has 1 aliphatic carbocycles. The molecule has 4 nitrogen and oxygen atoms in total. The Bertz CT molecular complexity index is 415. The summed E-state index contributed by atoms with van der Waals surface area (Å²) in [6.45, 7) is 2.31. The summed E-state index contributed by atoms with van der Waals surface area (Å²) in [5, 5.41) is 5.78. The first-order valence-corrected chi connectivity index (χ1v) is 5.95. The standard InChI is InChI=1S/C11H15F3N4/c1-2-15-8-6-9(16-7-4-3-5-7)18-10(17-8)11(12,13)14/h6-7H,2-5H2,1H3,(H2,15,16,17,18). The summed E-state index contributed by atoms with van der Waals surface area (Å²) in [6, 6.07) is 1.74. The second-order valence-corrected chi connectivity index (χ2v) is 4.26. The van der Waals surface area contributed by atoms with Crippen molar-refractivity contribution in [1.82, 2.24) is 9.97 Å². The molecule has 2 N–H and O–H groups in total. The van der Waals surface area contributed by atoms with Crippen LogP contribution in [-0.2, 0) is 6.18 Å². The van der Waals surface area contributed by atoms with Crippen molar-refractivity contribution < 1.29 is 13.2 Å². The van der Waals surface area contributed by atoms with E-state index in [0.29, 0.717) is 6.54 Å². The molecule has 18 heavy (non-hydrogen) atoms. The highest BCUT2D eigenvalue weighted by molar-refractivity contribution is 5.48. The highest BCUT2D eigenvalue weighted by Crippen LogP contribution is 2.29. The van der Waals surface area contributed by atoms with Gasteiger partial charge in [0, 0.05) is 18.7 Å². The van der Waals surface area contributed by atoms with E-state index in [1.165, 1.54) is 6.07 Å². The van der Waals surface area contributed by atoms with Crippen LogP contribution in [0, 0.1) is 0 Å². The van der Waals surface area contributed by atoms with Gasteiger partial charge in [-0.3, -0.25) is 0 Å². The number of hydrogen-bond donors (Lipinski definition) is 2. The maximum atomic E-state index is 12.6. The van der Waals surface area contributed by atoms with Gasteiger partial charge in [0.05, 0.1) is 0 Å². The van der Waals surface area contributed by atoms with E-state index in [1.54, 1.807) is 6.92 Å². The quantitative estimate of drug-likeness (QED) is 0.874. The molecule has 0 saturated heterocycles. The van der Waals surface area contributed by atoms with Crippen molar-refractivity contribution in [2.45, 2.75) is 38.4 Å². The lowest BCUT2D eigenvalue weighted by atomic mass is 9.93. The predicted molar refractivity (Wildman–Crippen MR) is 62.5 cm³/mol. The largest absolute Gasteiger partial charge is 0.451 e. The van der Waals surface area contributed by atoms with Crippen LogP contribution in [-0.4, -0.2) is 22.6 Å². The highest BCUT2D eigenvalue weighted by Gasteiger charge is 2.35. The Labute approximate surface area is 103 Å². The van der Waals surface area contributed by atoms with Crippen molar-refractivity contribution in [2.24, 2.45) is 0 Å². The molecule has 100 valence electrons. The van der Waals surface area contributed by atoms with Crippen LogP contribution in [0.25, 0.3) is 0 Å². The summed E-state index contributed by atoms with van der Waals surface area (Å²) in [7, 11) is 0. The molecule has 1 heterocycles. The van der Waals surface area contributed by atoms with Gasteiger partial charge in [0.2, 0.25) is 5.82 Å². The fraction of sp³-hybridized carbons (Fsp3) is 0.636. The molecule has 0 aromatic carbocycles. The van der Waals surface area contributed by atoms with E-state index in [-0.39, 0.29) is 17.7 Å². The molecule has 0 bridgehead atoms. The van der Waals surface area contributed by atoms with E-state index in [4.69, 9.17) is 0 Å². The number of nitrogens with zero attached hydrogens (tertiary/aromatic N) is 2. The van der Waals surface area contributed by atoms with Crippen molar-refractivity contribution in [1.29, 1.82) is 0 Å². The lowest BCUT2D eigenvalue weighted by molar-refractivity contribution is -0.144. The first kappa shape index (κ1) is 12.9. The zero-order chi connectivity index (χ0) is 13.2. The first-order valence-electron chi connectivity index (χ1n) is 5.95. The smallest absolute Gasteiger partial charge is 0.370 e. The zero-order valence-electron chi connectivity index (χ0n) is 10.0. The Hall–Kier alpha value is -1.53. The van der Waals surface area contributed by atoms with Gasteiger partial charge in [-0.1, -0.05) is 0 Å². The van der Waals surface area contributed by atoms with Crippen LogP contribution < -0.4 is 10.6 Å². The van der Waals surface area contributed by atoms with Gasteiger partial charge in [-0.2, -0.15) is 13.2 Å². The van der Waals surface area contributed by atoms with Crippen LogP contribution in [0.5, 0.6) is 0 Å². The van der Waals surface area contributed by atoms with Gasteiger partial charge < -0.3 is 10.6 Å². The lowest BCUT2D eigenvalue weighted by Crippen LogP contribution is -2.28. The summed E-state index contributed by atoms with van der Waals surface area (Å²) < 4.78 is 37.9. The van der Waals surface area contributed by atoms with Crippen molar-refractivity contribution in [2.75, 3.05) is 17.2 Å². The van der Waals surface area contributed by atoms with Gasteiger partial charge in [0.1, 0.15) is 11.6 Å². The second-order valence-electron chi connectivity index (χ2n) is 4.26. The number of anilines is 2. The molecule has 1 saturated carbocycles. The van der Waals surface area contributed by atoms with Crippen molar-refractivity contribution >= 4 is 11.6 Å². The van der Waals surface area contributed by atoms with E-state index < -0.39 is 12.0 Å². The molecule has 1 fully saturated rings. The van der Waals surface area contributed by atoms with Gasteiger partial charge in [-0.05, 0) is 26.2 Å². The molecule has 7 heteroatoms. The van der Waals surface area contributed by atoms with Crippen LogP contribution in [0.2, 0.25) is 0 Å². The molecule has 1 aliphatic rings. The number of alkyl halides is 3. The molecule has 0 unspecified atom stereocenters. The van der Waals surface area contributed by atoms with Gasteiger partial charge in [0.25, 0.3) is 0 Å². The Kier molecular flexibility index (Phi) is 3.58. The Morgan fingerprint density at radius 3 is 2.44 bits per heavy atom. The lowest BCUT2D eigenvalue weighted by Gasteiger charge is -2.27. The maximum absolute atomic E-state index is 12.6. The molecule has 2 rings (SSSR count). The molecule has 0 atom stereocenters. The van der Waals surface area contributed by atoms with Gasteiger partial charge in [-0.25, -0.2) is 9.97 Å². The van der Waals surface area contributed by atoms with Gasteiger partial charge in [-0.15, -0.1) is 0 Å². The van der Waals surface area contributed by atoms with Crippen LogP contribution >= 0.6 is 0 Å². The first-order chi connectivity index (χ1) is 8.49. The Morgan fingerprint density at radius 1 is 1.28 bits per heavy atom. The van der Waals surface area contributed by atoms with Crippen LogP contribution in [0.1, 0.15) is 32.0 Å². The van der Waals surface area contributed by atoms with E-state index in [1.807, 2.05) is 0 Å². The summed E-state index contributed by atoms with van der Waals surface area (Å²) in [6.07, 6.45) is -1.47. The minimum Gasteiger partial charge on any atom is -0.370 e. The fourth-order valence-corrected chi connectivity index (χ4v) is 1.68. The second kappa shape index (κ2) is 4.99. The van der Waals surface area contributed by atoms with E-state index in [9.17, 15) is 13.2 Å². The monoisotopic (exact) mass is 260 g/mol. The summed E-state index contributed by atoms with van der Waals surface area (Å²) in [5.41, 5.74) is 0. The summed E-state index contributed by atoms with van der Waals surface area (Å²) >= 11 is 0. The zero-order valence-corrected chi connectivity index (χ0v) is 10.0. The summed E-state index contributed by atoms with van der Waals surface area (Å²) in [5.74, 6) is -0.678. The average molecular weight is 260 g/mol. The third-order valence-corrected chi connectivity index (χ3v) is 2.79. The minimum absolute atomic E-state index is 0.196. The van der Waals surface area contributed by atoms with E-state index >= 15 is 0 Å². The van der Waals surface area contributed by atoms with Crippen molar-refractivity contribution in [3.63, 3.8) is 0 Å². The summed E-state index contributed by atoms with van der Waals surface area (Å²) in [4.78, 5) is 6.98. The third kappa shape index (κ3) is 3.02. The number of nitrogens with one attached hydrogen (secondary N) is 2. The minimum atomic E-state index is -4.53. The molecular weight excluding hydrogens is 245 g/mol. The maximum Gasteiger partial charge on any atom is 0.451 e. The Balaban J connectivity index is 2.23. The van der Waals surface area contributed by atoms with Crippen molar-refractivity contribution in [3.8, 4) is 0 Å². The Morgan fingerprint density at radius 2 is 1.94 bits per heavy atom. The fourth-order valence-electron chi connectivity index (χ4n) is 1.68. The number of halogens is 3. The average Bonchev–Trinajstić information content (AvgIpc) is 2.23. The number of aromatic nitrogens is 2. The molecule has 0 amide bonds. The molecule has 0 aliphatic heterocycles. The number of rotatable bonds is 4. The van der Waals surface area contributed by atoms with Gasteiger partial charge >= 0.3 is 6.18 Å². The molecular formula is C11H15F3N4. The van der Waals surface area contributed by atoms with Crippen LogP contribution in [0.4, 0.5) is 24.8 Å².